The normalized spacial score (nSPS) is 35.2. The summed E-state index contributed by atoms with van der Waals surface area (Å²) in [5.74, 6) is 3.44. The van der Waals surface area contributed by atoms with Crippen LogP contribution < -0.4 is 5.32 Å². The van der Waals surface area contributed by atoms with Gasteiger partial charge in [0.15, 0.2) is 0 Å². The maximum atomic E-state index is 15.0. The van der Waals surface area contributed by atoms with Gasteiger partial charge in [0.2, 0.25) is 0 Å². The molecule has 0 radical (unpaired) electrons. The van der Waals surface area contributed by atoms with Crippen molar-refractivity contribution >= 4 is 51.2 Å². The first-order valence-corrected chi connectivity index (χ1v) is 25.2. The van der Waals surface area contributed by atoms with Crippen molar-refractivity contribution in [1.82, 2.24) is 9.88 Å². The van der Waals surface area contributed by atoms with E-state index in [0.29, 0.717) is 29.7 Å². The lowest BCUT2D eigenvalue weighted by molar-refractivity contribution is -0.137. The summed E-state index contributed by atoms with van der Waals surface area (Å²) in [6.07, 6.45) is 24.1. The van der Waals surface area contributed by atoms with Gasteiger partial charge in [-0.2, -0.15) is 0 Å². The average molecular weight is 834 g/mol. The van der Waals surface area contributed by atoms with Gasteiger partial charge >= 0.3 is 11.9 Å². The molecule has 0 aromatic carbocycles. The molecule has 2 amide bonds. The molecule has 3 saturated carbocycles. The third-order valence-corrected chi connectivity index (χ3v) is 19.1. The summed E-state index contributed by atoms with van der Waals surface area (Å²) in [6, 6.07) is 4.03. The van der Waals surface area contributed by atoms with E-state index >= 15 is 4.79 Å². The first kappa shape index (κ1) is 38.4. The molecule has 7 unspecified atom stereocenters. The Kier molecular flexibility index (Phi) is 9.63. The minimum absolute atomic E-state index is 0.0342. The second-order valence-electron chi connectivity index (χ2n) is 19.1. The number of carbonyl (C=O) groups excluding carboxylic acids is 4. The molecular formula is C48H55N3O6S2. The van der Waals surface area contributed by atoms with Crippen LogP contribution in [-0.4, -0.2) is 51.8 Å². The van der Waals surface area contributed by atoms with Crippen molar-refractivity contribution in [2.75, 3.05) is 23.5 Å². The van der Waals surface area contributed by atoms with Gasteiger partial charge in [-0.1, -0.05) is 73.5 Å². The summed E-state index contributed by atoms with van der Waals surface area (Å²) < 4.78 is 13.3. The fraction of sp³-hybridized carbons (Fsp3) is 0.604. The van der Waals surface area contributed by atoms with Crippen LogP contribution in [0.2, 0.25) is 0 Å². The fourth-order valence-electron chi connectivity index (χ4n) is 14.2. The zero-order chi connectivity index (χ0) is 40.0. The third-order valence-electron chi connectivity index (χ3n) is 16.9. The number of nitrogens with zero attached hydrogens (tertiary/aromatic N) is 2. The Morgan fingerprint density at radius 3 is 2.51 bits per heavy atom. The fourth-order valence-corrected chi connectivity index (χ4v) is 16.4. The van der Waals surface area contributed by atoms with Gasteiger partial charge in [-0.15, -0.1) is 0 Å². The predicted octanol–water partition coefficient (Wildman–Crippen LogP) is 9.71. The lowest BCUT2D eigenvalue weighted by atomic mass is 9.42. The van der Waals surface area contributed by atoms with Gasteiger partial charge < -0.3 is 14.8 Å². The summed E-state index contributed by atoms with van der Waals surface area (Å²) in [6.45, 7) is 2.43. The van der Waals surface area contributed by atoms with Crippen LogP contribution >= 0.6 is 21.6 Å². The maximum absolute atomic E-state index is 15.0. The molecule has 11 heteroatoms. The summed E-state index contributed by atoms with van der Waals surface area (Å²) in [7, 11) is 3.70. The zero-order valence-electron chi connectivity index (χ0n) is 34.1. The molecule has 1 aromatic heterocycles. The number of imide groups is 1. The molecule has 59 heavy (non-hydrogen) atoms. The van der Waals surface area contributed by atoms with Crippen LogP contribution in [0.1, 0.15) is 121 Å². The van der Waals surface area contributed by atoms with E-state index in [9.17, 15) is 14.4 Å². The lowest BCUT2D eigenvalue weighted by Crippen LogP contribution is -2.54. The van der Waals surface area contributed by atoms with Crippen LogP contribution in [0.3, 0.4) is 0 Å². The number of ether oxygens (including phenoxy) is 2. The molecule has 1 spiro atoms. The van der Waals surface area contributed by atoms with Crippen molar-refractivity contribution in [3.63, 3.8) is 0 Å². The highest BCUT2D eigenvalue weighted by atomic mass is 33.1. The van der Waals surface area contributed by atoms with Gasteiger partial charge in [0.25, 0.3) is 11.8 Å². The van der Waals surface area contributed by atoms with E-state index in [2.05, 4.69) is 18.3 Å². The Bertz CT molecular complexity index is 2160. The van der Waals surface area contributed by atoms with Gasteiger partial charge in [-0.25, -0.2) is 14.6 Å². The third kappa shape index (κ3) is 5.89. The molecule has 4 aliphatic heterocycles. The van der Waals surface area contributed by atoms with E-state index < -0.39 is 11.3 Å². The van der Waals surface area contributed by atoms with E-state index in [0.717, 1.165) is 96.7 Å². The Hall–Kier alpha value is -3.57. The Morgan fingerprint density at radius 2 is 1.71 bits per heavy atom. The van der Waals surface area contributed by atoms with Crippen molar-refractivity contribution in [2.24, 2.45) is 46.3 Å². The van der Waals surface area contributed by atoms with Crippen molar-refractivity contribution in [2.45, 2.75) is 116 Å². The molecular weight excluding hydrogens is 779 g/mol. The number of pyridine rings is 1. The topological polar surface area (TPSA) is 115 Å². The van der Waals surface area contributed by atoms with Crippen LogP contribution in [0.4, 0.5) is 5.82 Å². The summed E-state index contributed by atoms with van der Waals surface area (Å²) in [4.78, 5) is 62.5. The number of allylic oxidation sites excluding steroid dienone is 4. The van der Waals surface area contributed by atoms with Crippen LogP contribution in [-0.2, 0) is 28.7 Å². The molecule has 11 aliphatic rings. The Balaban J connectivity index is 1.13. The van der Waals surface area contributed by atoms with Crippen LogP contribution in [0.25, 0.3) is 0 Å². The van der Waals surface area contributed by atoms with Gasteiger partial charge in [0.1, 0.15) is 17.3 Å². The Labute approximate surface area is 355 Å². The SMILES string of the molecule is CCC1(C2=C3OC(=O)C4=C3C(CC2)CC2C3CCC5(C6=CCC(C7CCCCC7)CSSCNc7cc(ccn7)C(CN7C(=O)C=CC7=O)C3=C5C(=O)O6)C42)CCCC1. The van der Waals surface area contributed by atoms with Gasteiger partial charge in [-0.05, 0) is 128 Å². The average Bonchev–Trinajstić information content (AvgIpc) is 4.03. The Morgan fingerprint density at radius 1 is 0.898 bits per heavy atom. The van der Waals surface area contributed by atoms with Crippen molar-refractivity contribution in [3.8, 4) is 0 Å². The summed E-state index contributed by atoms with van der Waals surface area (Å²) in [5, 5.41) is 3.54. The van der Waals surface area contributed by atoms with Crippen molar-refractivity contribution < 1.29 is 28.7 Å². The number of rotatable bonds is 5. The van der Waals surface area contributed by atoms with E-state index in [1.807, 2.05) is 22.9 Å². The number of nitrogens with one attached hydrogen (secondary N) is 1. The molecule has 7 atom stereocenters. The lowest BCUT2D eigenvalue weighted by Gasteiger charge is -2.58. The molecule has 1 saturated heterocycles. The van der Waals surface area contributed by atoms with E-state index in [1.54, 1.807) is 17.0 Å². The highest BCUT2D eigenvalue weighted by Gasteiger charge is 2.70. The number of hydrogen-bond acceptors (Lipinski definition) is 10. The molecule has 4 fully saturated rings. The minimum Gasteiger partial charge on any atom is -0.427 e. The van der Waals surface area contributed by atoms with Gasteiger partial charge in [0, 0.05) is 53.6 Å². The summed E-state index contributed by atoms with van der Waals surface area (Å²) in [5.41, 5.74) is 5.18. The highest BCUT2D eigenvalue weighted by molar-refractivity contribution is 8.76. The van der Waals surface area contributed by atoms with Crippen LogP contribution in [0, 0.1) is 46.3 Å². The maximum Gasteiger partial charge on any atom is 0.340 e. The number of fused-ring (bicyclic) bond motifs is 3. The largest absolute Gasteiger partial charge is 0.427 e. The number of esters is 2. The molecule has 9 nitrogen and oxygen atoms in total. The smallest absolute Gasteiger partial charge is 0.340 e. The minimum atomic E-state index is -0.833. The quantitative estimate of drug-likeness (QED) is 0.175. The molecule has 5 heterocycles. The number of hydrogen-bond donors (Lipinski definition) is 1. The second kappa shape index (κ2) is 14.8. The second-order valence-corrected chi connectivity index (χ2v) is 21.7. The molecule has 1 N–H and O–H groups in total. The number of amides is 2. The van der Waals surface area contributed by atoms with Gasteiger partial charge in [0.05, 0.1) is 16.9 Å². The molecule has 7 aliphatic carbocycles. The molecule has 12 rings (SSSR count). The number of carbonyl (C=O) groups is 4. The van der Waals surface area contributed by atoms with E-state index in [4.69, 9.17) is 14.5 Å². The van der Waals surface area contributed by atoms with Crippen LogP contribution in [0.5, 0.6) is 0 Å². The van der Waals surface area contributed by atoms with Crippen LogP contribution in [0.15, 0.2) is 75.9 Å². The first-order chi connectivity index (χ1) is 28.8. The molecule has 310 valence electrons. The van der Waals surface area contributed by atoms with Crippen molar-refractivity contribution in [3.05, 3.63) is 81.5 Å². The molecule has 1 aromatic rings. The highest BCUT2D eigenvalue weighted by Crippen LogP contribution is 2.73. The van der Waals surface area contributed by atoms with E-state index in [1.165, 1.54) is 67.6 Å². The summed E-state index contributed by atoms with van der Waals surface area (Å²) >= 11 is 0. The number of aromatic nitrogens is 1. The zero-order valence-corrected chi connectivity index (χ0v) is 35.7. The first-order valence-electron chi connectivity index (χ1n) is 22.7. The monoisotopic (exact) mass is 833 g/mol. The standard InChI is InChI=1S/C48H55N3O6S2/c1-2-47(18-6-7-19-47)34-12-10-29-22-32-31-16-20-48(42(32)41-39(29)44(34)57-45(41)54)35-13-11-30(27-8-4-3-5-9-27)25-58-59-26-50-36-23-28(17-21-49-36)33(40(31)43(48)46(55)56-35)24-51-37(52)14-15-38(51)53/h13-15,17,21,23,27,29-33,42H,2-12,16,18-20,22,24-26H2,1H3,(H,49,50). The van der Waals surface area contributed by atoms with E-state index in [-0.39, 0.29) is 59.4 Å². The van der Waals surface area contributed by atoms with Crippen molar-refractivity contribution in [1.29, 1.82) is 0 Å². The van der Waals surface area contributed by atoms with Gasteiger partial charge in [-0.3, -0.25) is 14.5 Å². The molecule has 7 bridgehead atoms. The number of anilines is 1. The predicted molar refractivity (Wildman–Crippen MR) is 228 cm³/mol.